The van der Waals surface area contributed by atoms with Crippen LogP contribution in [0.3, 0.4) is 0 Å². The number of fused-ring (bicyclic) bond motifs is 10. The Morgan fingerprint density at radius 2 is 0.979 bits per heavy atom. The van der Waals surface area contributed by atoms with Crippen LogP contribution >= 0.6 is 22.7 Å². The van der Waals surface area contributed by atoms with E-state index in [2.05, 4.69) is 169 Å². The third-order valence-corrected chi connectivity index (χ3v) is 11.8. The monoisotopic (exact) mass is 633 g/mol. The third-order valence-electron chi connectivity index (χ3n) is 9.43. The van der Waals surface area contributed by atoms with E-state index in [-0.39, 0.29) is 0 Å². The lowest BCUT2D eigenvalue weighted by atomic mass is 10.0. The van der Waals surface area contributed by atoms with Crippen molar-refractivity contribution in [3.05, 3.63) is 164 Å². The molecule has 0 bridgehead atoms. The normalized spacial score (nSPS) is 11.8. The molecule has 0 spiro atoms. The van der Waals surface area contributed by atoms with Gasteiger partial charge in [-0.2, -0.15) is 0 Å². The van der Waals surface area contributed by atoms with Gasteiger partial charge in [0.1, 0.15) is 0 Å². The summed E-state index contributed by atoms with van der Waals surface area (Å²) in [5, 5.41) is 10.6. The van der Waals surface area contributed by atoms with Gasteiger partial charge in [0, 0.05) is 47.0 Å². The molecule has 8 aromatic carbocycles. The number of hydrogen-bond donors (Lipinski definition) is 0. The maximum absolute atomic E-state index is 2.41. The minimum absolute atomic E-state index is 1.14. The van der Waals surface area contributed by atoms with Gasteiger partial charge in [0.25, 0.3) is 0 Å². The molecule has 0 atom stereocenters. The van der Waals surface area contributed by atoms with Gasteiger partial charge < -0.3 is 4.90 Å². The zero-order chi connectivity index (χ0) is 30.9. The molecule has 3 heteroatoms. The molecule has 0 amide bonds. The molecule has 220 valence electrons. The van der Waals surface area contributed by atoms with E-state index < -0.39 is 0 Å². The Balaban J connectivity index is 1.16. The zero-order valence-corrected chi connectivity index (χ0v) is 27.0. The first-order chi connectivity index (χ1) is 23.3. The molecule has 0 aliphatic carbocycles. The van der Waals surface area contributed by atoms with Crippen LogP contribution in [0.25, 0.3) is 73.0 Å². The first-order valence-corrected chi connectivity index (χ1v) is 17.6. The van der Waals surface area contributed by atoms with Crippen molar-refractivity contribution in [1.82, 2.24) is 0 Å². The van der Waals surface area contributed by atoms with E-state index in [4.69, 9.17) is 0 Å². The molecule has 0 fully saturated rings. The number of anilines is 3. The van der Waals surface area contributed by atoms with E-state index in [9.17, 15) is 0 Å². The summed E-state index contributed by atoms with van der Waals surface area (Å²) in [5.41, 5.74) is 5.94. The van der Waals surface area contributed by atoms with Gasteiger partial charge in [0.05, 0.1) is 10.4 Å². The maximum atomic E-state index is 2.41. The zero-order valence-electron chi connectivity index (χ0n) is 25.4. The summed E-state index contributed by atoms with van der Waals surface area (Å²) in [6.07, 6.45) is 0. The van der Waals surface area contributed by atoms with E-state index >= 15 is 0 Å². The fraction of sp³-hybridized carbons (Fsp3) is 0. The maximum Gasteiger partial charge on any atom is 0.0640 e. The molecule has 10 aromatic rings. The summed E-state index contributed by atoms with van der Waals surface area (Å²) >= 11 is 3.83. The molecule has 0 saturated heterocycles. The standard InChI is InChI=1S/C44H27NS2/c1-2-12-33(13-3-1)45(34-22-19-29(20-23-34)32-18-17-28-9-4-5-11-31(28)27-32)38-16-8-15-36-42-40(46-43(36)38)26-24-37-41-35-14-7-6-10-30(35)21-25-39(41)47-44(37)42/h1-27H. The average molecular weight is 634 g/mol. The number of rotatable bonds is 4. The summed E-state index contributed by atoms with van der Waals surface area (Å²) in [7, 11) is 0. The molecule has 10 rings (SSSR count). The highest BCUT2D eigenvalue weighted by Crippen LogP contribution is 2.49. The van der Waals surface area contributed by atoms with Crippen LogP contribution in [0.15, 0.2) is 164 Å². The van der Waals surface area contributed by atoms with Gasteiger partial charge in [0.15, 0.2) is 0 Å². The second-order valence-corrected chi connectivity index (χ2v) is 14.2. The van der Waals surface area contributed by atoms with E-state index in [1.165, 1.54) is 78.7 Å². The highest BCUT2D eigenvalue weighted by molar-refractivity contribution is 7.30. The number of benzene rings is 8. The van der Waals surface area contributed by atoms with Gasteiger partial charge in [-0.05, 0) is 81.2 Å². The topological polar surface area (TPSA) is 3.24 Å². The van der Waals surface area contributed by atoms with Crippen molar-refractivity contribution in [3.63, 3.8) is 0 Å². The van der Waals surface area contributed by atoms with Crippen LogP contribution in [0.2, 0.25) is 0 Å². The van der Waals surface area contributed by atoms with Crippen LogP contribution in [0.5, 0.6) is 0 Å². The minimum Gasteiger partial charge on any atom is -0.309 e. The largest absolute Gasteiger partial charge is 0.309 e. The molecule has 0 unspecified atom stereocenters. The van der Waals surface area contributed by atoms with E-state index in [1.807, 2.05) is 22.7 Å². The number of thiophene rings is 2. The Labute approximate surface area is 280 Å². The van der Waals surface area contributed by atoms with Crippen LogP contribution in [0, 0.1) is 0 Å². The highest BCUT2D eigenvalue weighted by atomic mass is 32.1. The van der Waals surface area contributed by atoms with Gasteiger partial charge in [-0.25, -0.2) is 0 Å². The molecular weight excluding hydrogens is 607 g/mol. The molecule has 0 N–H and O–H groups in total. The third kappa shape index (κ3) is 4.21. The van der Waals surface area contributed by atoms with Gasteiger partial charge in [-0.3, -0.25) is 0 Å². The van der Waals surface area contributed by atoms with E-state index in [0.717, 1.165) is 11.4 Å². The summed E-state index contributed by atoms with van der Waals surface area (Å²) in [4.78, 5) is 2.41. The minimum atomic E-state index is 1.14. The van der Waals surface area contributed by atoms with Crippen molar-refractivity contribution in [2.75, 3.05) is 4.90 Å². The summed E-state index contributed by atoms with van der Waals surface area (Å²) in [6.45, 7) is 0. The lowest BCUT2D eigenvalue weighted by molar-refractivity contribution is 1.30. The van der Waals surface area contributed by atoms with Crippen LogP contribution in [-0.2, 0) is 0 Å². The molecular formula is C44H27NS2. The predicted molar refractivity (Wildman–Crippen MR) is 207 cm³/mol. The first kappa shape index (κ1) is 26.7. The van der Waals surface area contributed by atoms with Crippen LogP contribution in [-0.4, -0.2) is 0 Å². The van der Waals surface area contributed by atoms with Gasteiger partial charge >= 0.3 is 0 Å². The van der Waals surface area contributed by atoms with Crippen LogP contribution < -0.4 is 4.90 Å². The van der Waals surface area contributed by atoms with E-state index in [0.29, 0.717) is 0 Å². The molecule has 0 saturated carbocycles. The SMILES string of the molecule is c1ccc(N(c2ccc(-c3ccc4ccccc4c3)cc2)c2cccc3c2sc2ccc4c(sc5ccc6ccccc6c54)c23)cc1. The predicted octanol–water partition coefficient (Wildman–Crippen LogP) is 13.9. The fourth-order valence-electron chi connectivity index (χ4n) is 7.22. The molecule has 0 radical (unpaired) electrons. The Bertz CT molecular complexity index is 2790. The van der Waals surface area contributed by atoms with Crippen LogP contribution in [0.4, 0.5) is 17.1 Å². The Kier molecular flexibility index (Phi) is 5.98. The molecule has 0 aliphatic rings. The summed E-state index contributed by atoms with van der Waals surface area (Å²) in [6, 6.07) is 59.9. The lowest BCUT2D eigenvalue weighted by Gasteiger charge is -2.26. The molecule has 47 heavy (non-hydrogen) atoms. The van der Waals surface area contributed by atoms with Crippen LogP contribution in [0.1, 0.15) is 0 Å². The first-order valence-electron chi connectivity index (χ1n) is 15.9. The number of nitrogens with zero attached hydrogens (tertiary/aromatic N) is 1. The molecule has 2 heterocycles. The highest BCUT2D eigenvalue weighted by Gasteiger charge is 2.20. The smallest absolute Gasteiger partial charge is 0.0640 e. The molecule has 2 aromatic heterocycles. The number of hydrogen-bond acceptors (Lipinski definition) is 3. The Morgan fingerprint density at radius 1 is 0.362 bits per heavy atom. The molecule has 1 nitrogen and oxygen atoms in total. The molecule has 0 aliphatic heterocycles. The van der Waals surface area contributed by atoms with Gasteiger partial charge in [-0.15, -0.1) is 22.7 Å². The van der Waals surface area contributed by atoms with Crippen molar-refractivity contribution in [2.24, 2.45) is 0 Å². The van der Waals surface area contributed by atoms with Crippen molar-refractivity contribution in [2.45, 2.75) is 0 Å². The van der Waals surface area contributed by atoms with Gasteiger partial charge in [-0.1, -0.05) is 115 Å². The Morgan fingerprint density at radius 3 is 1.85 bits per heavy atom. The second-order valence-electron chi connectivity index (χ2n) is 12.1. The summed E-state index contributed by atoms with van der Waals surface area (Å²) < 4.78 is 5.36. The quantitative estimate of drug-likeness (QED) is 0.186. The van der Waals surface area contributed by atoms with Crippen molar-refractivity contribution in [1.29, 1.82) is 0 Å². The average Bonchev–Trinajstić information content (AvgIpc) is 3.71. The summed E-state index contributed by atoms with van der Waals surface area (Å²) in [5.74, 6) is 0. The lowest BCUT2D eigenvalue weighted by Crippen LogP contribution is -2.09. The van der Waals surface area contributed by atoms with Crippen molar-refractivity contribution in [3.8, 4) is 11.1 Å². The second kappa shape index (κ2) is 10.5. The fourth-order valence-corrected chi connectivity index (χ4v) is 9.78. The number of para-hydroxylation sites is 1. The Hall–Kier alpha value is -5.48. The van der Waals surface area contributed by atoms with E-state index in [1.54, 1.807) is 0 Å². The van der Waals surface area contributed by atoms with Gasteiger partial charge in [0.2, 0.25) is 0 Å². The van der Waals surface area contributed by atoms with Crippen molar-refractivity contribution < 1.29 is 0 Å². The van der Waals surface area contributed by atoms with Crippen molar-refractivity contribution >= 4 is 102 Å².